The van der Waals surface area contributed by atoms with E-state index >= 15 is 0 Å². The molecule has 3 rings (SSSR count). The van der Waals surface area contributed by atoms with Crippen LogP contribution >= 0.6 is 0 Å². The number of phenolic OH excluding ortho intramolecular Hbond substituents is 1. The minimum atomic E-state index is -0.393. The summed E-state index contributed by atoms with van der Waals surface area (Å²) in [5.74, 6) is -0.483. The number of anilines is 1. The molecule has 0 fully saturated rings. The minimum absolute atomic E-state index is 0.0312. The van der Waals surface area contributed by atoms with Gasteiger partial charge in [-0.2, -0.15) is 0 Å². The lowest BCUT2D eigenvalue weighted by molar-refractivity contribution is 0.101. The summed E-state index contributed by atoms with van der Waals surface area (Å²) >= 11 is 0. The van der Waals surface area contributed by atoms with Gasteiger partial charge in [0.1, 0.15) is 11.5 Å². The van der Waals surface area contributed by atoms with E-state index in [0.29, 0.717) is 17.9 Å². The highest BCUT2D eigenvalue weighted by atomic mass is 16.5. The Morgan fingerprint density at radius 3 is 2.30 bits per heavy atom. The highest BCUT2D eigenvalue weighted by molar-refractivity contribution is 6.14. The van der Waals surface area contributed by atoms with E-state index in [-0.39, 0.29) is 28.3 Å². The van der Waals surface area contributed by atoms with Crippen molar-refractivity contribution < 1.29 is 19.4 Å². The van der Waals surface area contributed by atoms with E-state index in [2.05, 4.69) is 12.1 Å². The van der Waals surface area contributed by atoms with Crippen LogP contribution < -0.4 is 10.5 Å². The Labute approximate surface area is 176 Å². The number of phenols is 1. The van der Waals surface area contributed by atoms with Crippen LogP contribution in [0.15, 0.2) is 66.7 Å². The van der Waals surface area contributed by atoms with Crippen molar-refractivity contribution in [2.45, 2.75) is 26.2 Å². The standard InChI is InChI=1S/C25H25NO4/c1-17(27)23-22(26)15-14-21(25(23)29)24(28)19-10-12-20(13-11-19)30-16-6-5-9-18-7-3-2-4-8-18/h2-4,7-8,10-15,29H,5-6,9,16,26H2,1H3. The lowest BCUT2D eigenvalue weighted by atomic mass is 9.97. The summed E-state index contributed by atoms with van der Waals surface area (Å²) in [7, 11) is 0. The Bertz CT molecular complexity index is 1030. The van der Waals surface area contributed by atoms with Gasteiger partial charge in [0.05, 0.1) is 17.7 Å². The summed E-state index contributed by atoms with van der Waals surface area (Å²) in [5.41, 5.74) is 7.61. The van der Waals surface area contributed by atoms with E-state index in [9.17, 15) is 14.7 Å². The maximum absolute atomic E-state index is 12.7. The van der Waals surface area contributed by atoms with E-state index in [1.54, 1.807) is 24.3 Å². The molecule has 30 heavy (non-hydrogen) atoms. The first-order chi connectivity index (χ1) is 14.5. The summed E-state index contributed by atoms with van der Waals surface area (Å²) in [4.78, 5) is 24.4. The number of unbranched alkanes of at least 4 members (excludes halogenated alkanes) is 1. The summed E-state index contributed by atoms with van der Waals surface area (Å²) in [5, 5.41) is 10.3. The molecule has 0 aromatic heterocycles. The van der Waals surface area contributed by atoms with Crippen molar-refractivity contribution in [3.05, 3.63) is 89.0 Å². The minimum Gasteiger partial charge on any atom is -0.506 e. The summed E-state index contributed by atoms with van der Waals surface area (Å²) in [6.07, 6.45) is 2.99. The number of benzene rings is 3. The number of aryl methyl sites for hydroxylation is 1. The van der Waals surface area contributed by atoms with Crippen LogP contribution in [0.4, 0.5) is 5.69 Å². The Kier molecular flexibility index (Phi) is 6.86. The molecular weight excluding hydrogens is 378 g/mol. The SMILES string of the molecule is CC(=O)c1c(N)ccc(C(=O)c2ccc(OCCCCc3ccccc3)cc2)c1O. The molecule has 0 saturated heterocycles. The van der Waals surface area contributed by atoms with Gasteiger partial charge in [0.2, 0.25) is 0 Å². The second-order valence-electron chi connectivity index (χ2n) is 7.13. The lowest BCUT2D eigenvalue weighted by Crippen LogP contribution is -2.07. The molecule has 0 heterocycles. The zero-order valence-electron chi connectivity index (χ0n) is 16.9. The molecule has 0 radical (unpaired) electrons. The fraction of sp³-hybridized carbons (Fsp3) is 0.200. The predicted molar refractivity (Wildman–Crippen MR) is 117 cm³/mol. The van der Waals surface area contributed by atoms with Crippen molar-refractivity contribution in [3.8, 4) is 11.5 Å². The maximum atomic E-state index is 12.7. The van der Waals surface area contributed by atoms with Gasteiger partial charge in [-0.05, 0) is 68.1 Å². The van der Waals surface area contributed by atoms with Crippen molar-refractivity contribution in [1.82, 2.24) is 0 Å². The third-order valence-electron chi connectivity index (χ3n) is 4.89. The first-order valence-corrected chi connectivity index (χ1v) is 9.91. The van der Waals surface area contributed by atoms with Gasteiger partial charge in [-0.1, -0.05) is 30.3 Å². The number of nitrogens with two attached hydrogens (primary N) is 1. The van der Waals surface area contributed by atoms with Crippen molar-refractivity contribution in [2.75, 3.05) is 12.3 Å². The van der Waals surface area contributed by atoms with E-state index in [1.165, 1.54) is 24.6 Å². The Hall–Kier alpha value is -3.60. The topological polar surface area (TPSA) is 89.6 Å². The molecule has 0 saturated carbocycles. The predicted octanol–water partition coefficient (Wildman–Crippen LogP) is 4.81. The van der Waals surface area contributed by atoms with Gasteiger partial charge in [0.25, 0.3) is 0 Å². The molecule has 5 nitrogen and oxygen atoms in total. The lowest BCUT2D eigenvalue weighted by Gasteiger charge is -2.10. The zero-order chi connectivity index (χ0) is 21.5. The van der Waals surface area contributed by atoms with Crippen LogP contribution in [0.5, 0.6) is 11.5 Å². The van der Waals surface area contributed by atoms with Crippen LogP contribution in [0.25, 0.3) is 0 Å². The first-order valence-electron chi connectivity index (χ1n) is 9.91. The summed E-state index contributed by atoms with van der Waals surface area (Å²) < 4.78 is 5.75. The van der Waals surface area contributed by atoms with Crippen molar-refractivity contribution in [3.63, 3.8) is 0 Å². The Balaban J connectivity index is 1.57. The third-order valence-corrected chi connectivity index (χ3v) is 4.89. The highest BCUT2D eigenvalue weighted by Gasteiger charge is 2.20. The van der Waals surface area contributed by atoms with Gasteiger partial charge >= 0.3 is 0 Å². The number of hydrogen-bond acceptors (Lipinski definition) is 5. The molecule has 3 aromatic rings. The van der Waals surface area contributed by atoms with Crippen molar-refractivity contribution in [1.29, 1.82) is 0 Å². The molecule has 5 heteroatoms. The molecule has 0 amide bonds. The number of nitrogen functional groups attached to an aromatic ring is 1. The van der Waals surface area contributed by atoms with Gasteiger partial charge in [0.15, 0.2) is 11.6 Å². The van der Waals surface area contributed by atoms with Crippen LogP contribution in [0.2, 0.25) is 0 Å². The van der Waals surface area contributed by atoms with E-state index in [0.717, 1.165) is 19.3 Å². The monoisotopic (exact) mass is 403 g/mol. The Morgan fingerprint density at radius 2 is 1.63 bits per heavy atom. The number of rotatable bonds is 9. The zero-order valence-corrected chi connectivity index (χ0v) is 16.9. The molecule has 0 unspecified atom stereocenters. The van der Waals surface area contributed by atoms with Crippen LogP contribution in [0, 0.1) is 0 Å². The molecule has 3 aromatic carbocycles. The maximum Gasteiger partial charge on any atom is 0.196 e. The van der Waals surface area contributed by atoms with Gasteiger partial charge in [-0.25, -0.2) is 0 Å². The smallest absolute Gasteiger partial charge is 0.196 e. The number of carbonyl (C=O) groups excluding carboxylic acids is 2. The number of hydrogen-bond donors (Lipinski definition) is 2. The quantitative estimate of drug-likeness (QED) is 0.304. The number of Topliss-reactive ketones (excluding diaryl/α,β-unsaturated/α-hetero) is 1. The fourth-order valence-electron chi connectivity index (χ4n) is 3.28. The first kappa shape index (κ1) is 21.1. The number of aromatic hydroxyl groups is 1. The largest absolute Gasteiger partial charge is 0.506 e. The molecule has 3 N–H and O–H groups in total. The second-order valence-corrected chi connectivity index (χ2v) is 7.13. The summed E-state index contributed by atoms with van der Waals surface area (Å²) in [6.45, 7) is 1.90. The van der Waals surface area contributed by atoms with Crippen LogP contribution in [-0.2, 0) is 6.42 Å². The molecule has 0 spiro atoms. The van der Waals surface area contributed by atoms with E-state index in [1.807, 2.05) is 18.2 Å². The van der Waals surface area contributed by atoms with Crippen molar-refractivity contribution >= 4 is 17.3 Å². The van der Waals surface area contributed by atoms with E-state index < -0.39 is 5.78 Å². The average molecular weight is 403 g/mol. The molecule has 0 aliphatic carbocycles. The van der Waals surface area contributed by atoms with Gasteiger partial charge in [-0.3, -0.25) is 9.59 Å². The third kappa shape index (κ3) is 5.06. The molecule has 154 valence electrons. The second kappa shape index (κ2) is 9.74. The highest BCUT2D eigenvalue weighted by Crippen LogP contribution is 2.30. The van der Waals surface area contributed by atoms with Gasteiger partial charge in [-0.15, -0.1) is 0 Å². The average Bonchev–Trinajstić information content (AvgIpc) is 2.74. The molecule has 0 aliphatic heterocycles. The van der Waals surface area contributed by atoms with Crippen molar-refractivity contribution in [2.24, 2.45) is 0 Å². The van der Waals surface area contributed by atoms with Crippen LogP contribution in [-0.4, -0.2) is 23.3 Å². The van der Waals surface area contributed by atoms with E-state index in [4.69, 9.17) is 10.5 Å². The number of ketones is 2. The van der Waals surface area contributed by atoms with Gasteiger partial charge in [0, 0.05) is 11.3 Å². The normalized spacial score (nSPS) is 10.6. The van der Waals surface area contributed by atoms with Crippen LogP contribution in [0.3, 0.4) is 0 Å². The Morgan fingerprint density at radius 1 is 0.933 bits per heavy atom. The summed E-state index contributed by atoms with van der Waals surface area (Å²) in [6, 6.07) is 20.0. The molecule has 0 bridgehead atoms. The van der Waals surface area contributed by atoms with Crippen LogP contribution in [0.1, 0.15) is 51.6 Å². The van der Waals surface area contributed by atoms with Gasteiger partial charge < -0.3 is 15.6 Å². The molecule has 0 atom stereocenters. The molecular formula is C25H25NO4. The number of ether oxygens (including phenoxy) is 1. The fourth-order valence-corrected chi connectivity index (χ4v) is 3.28. The molecule has 0 aliphatic rings. The number of carbonyl (C=O) groups is 2.